The average Bonchev–Trinajstić information content (AvgIpc) is 3.09. The lowest BCUT2D eigenvalue weighted by Crippen LogP contribution is -2.44. The highest BCUT2D eigenvalue weighted by atomic mass is 16.5. The van der Waals surface area contributed by atoms with Crippen LogP contribution in [0.2, 0.25) is 0 Å². The van der Waals surface area contributed by atoms with Crippen molar-refractivity contribution in [3.63, 3.8) is 0 Å². The van der Waals surface area contributed by atoms with Gasteiger partial charge in [0.05, 0.1) is 12.5 Å². The first kappa shape index (κ1) is 13.8. The molecule has 98 valence electrons. The molecule has 0 bridgehead atoms. The third kappa shape index (κ3) is 5.04. The van der Waals surface area contributed by atoms with Crippen LogP contribution in [-0.4, -0.2) is 54.4 Å². The second-order valence-corrected chi connectivity index (χ2v) is 4.30. The second-order valence-electron chi connectivity index (χ2n) is 4.30. The SMILES string of the molecule is COC(C)CNC(=O)N(CCC(=O)O)C1CC1. The lowest BCUT2D eigenvalue weighted by atomic mass is 10.3. The van der Waals surface area contributed by atoms with E-state index in [1.54, 1.807) is 12.0 Å². The third-order valence-corrected chi connectivity index (χ3v) is 2.76. The smallest absolute Gasteiger partial charge is 0.317 e. The summed E-state index contributed by atoms with van der Waals surface area (Å²) in [6.45, 7) is 2.57. The molecule has 1 atom stereocenters. The number of carbonyl (C=O) groups excluding carboxylic acids is 1. The van der Waals surface area contributed by atoms with E-state index >= 15 is 0 Å². The highest BCUT2D eigenvalue weighted by Gasteiger charge is 2.32. The molecule has 0 aromatic carbocycles. The van der Waals surface area contributed by atoms with Crippen molar-refractivity contribution in [3.05, 3.63) is 0 Å². The predicted molar refractivity (Wildman–Crippen MR) is 61.9 cm³/mol. The Bertz CT molecular complexity index is 279. The molecule has 0 heterocycles. The van der Waals surface area contributed by atoms with Gasteiger partial charge in [-0.15, -0.1) is 0 Å². The lowest BCUT2D eigenvalue weighted by Gasteiger charge is -2.23. The highest BCUT2D eigenvalue weighted by Crippen LogP contribution is 2.26. The van der Waals surface area contributed by atoms with Crippen LogP contribution in [0.5, 0.6) is 0 Å². The molecule has 2 amide bonds. The third-order valence-electron chi connectivity index (χ3n) is 2.76. The summed E-state index contributed by atoms with van der Waals surface area (Å²) in [5.41, 5.74) is 0. The predicted octanol–water partition coefficient (Wildman–Crippen LogP) is 0.670. The number of aliphatic carboxylic acids is 1. The van der Waals surface area contributed by atoms with Crippen LogP contribution >= 0.6 is 0 Å². The van der Waals surface area contributed by atoms with Gasteiger partial charge >= 0.3 is 12.0 Å². The molecule has 0 aromatic rings. The molecule has 1 unspecified atom stereocenters. The Morgan fingerprint density at radius 1 is 1.53 bits per heavy atom. The van der Waals surface area contributed by atoms with Gasteiger partial charge in [0, 0.05) is 26.2 Å². The number of nitrogens with zero attached hydrogens (tertiary/aromatic N) is 1. The number of methoxy groups -OCH3 is 1. The monoisotopic (exact) mass is 244 g/mol. The van der Waals surface area contributed by atoms with Crippen molar-refractivity contribution in [1.29, 1.82) is 0 Å². The fourth-order valence-electron chi connectivity index (χ4n) is 1.47. The second kappa shape index (κ2) is 6.44. The van der Waals surface area contributed by atoms with Crippen molar-refractivity contribution in [3.8, 4) is 0 Å². The van der Waals surface area contributed by atoms with Crippen molar-refractivity contribution in [2.45, 2.75) is 38.3 Å². The number of carboxylic acid groups (broad SMARTS) is 1. The van der Waals surface area contributed by atoms with Gasteiger partial charge < -0.3 is 20.1 Å². The van der Waals surface area contributed by atoms with Crippen molar-refractivity contribution < 1.29 is 19.4 Å². The number of hydrogen-bond donors (Lipinski definition) is 2. The van der Waals surface area contributed by atoms with E-state index < -0.39 is 5.97 Å². The molecular weight excluding hydrogens is 224 g/mol. The first-order valence-electron chi connectivity index (χ1n) is 5.83. The van der Waals surface area contributed by atoms with Crippen LogP contribution in [0.3, 0.4) is 0 Å². The Labute approximate surface area is 101 Å². The van der Waals surface area contributed by atoms with E-state index in [9.17, 15) is 9.59 Å². The van der Waals surface area contributed by atoms with Crippen molar-refractivity contribution in [2.24, 2.45) is 0 Å². The molecule has 6 nitrogen and oxygen atoms in total. The molecule has 1 aliphatic rings. The normalized spacial score (nSPS) is 16.4. The number of amides is 2. The Kier molecular flexibility index (Phi) is 5.21. The van der Waals surface area contributed by atoms with E-state index in [2.05, 4.69) is 5.32 Å². The molecule has 0 saturated heterocycles. The number of rotatable bonds is 7. The fourth-order valence-corrected chi connectivity index (χ4v) is 1.47. The zero-order valence-electron chi connectivity index (χ0n) is 10.3. The zero-order valence-corrected chi connectivity index (χ0v) is 10.3. The van der Waals surface area contributed by atoms with E-state index in [1.165, 1.54) is 0 Å². The van der Waals surface area contributed by atoms with Gasteiger partial charge in [0.2, 0.25) is 0 Å². The van der Waals surface area contributed by atoms with Crippen molar-refractivity contribution >= 4 is 12.0 Å². The summed E-state index contributed by atoms with van der Waals surface area (Å²) in [6.07, 6.45) is 1.88. The zero-order chi connectivity index (χ0) is 12.8. The Hall–Kier alpha value is -1.30. The standard InChI is InChI=1S/C11H20N2O4/c1-8(17-2)7-12-11(16)13(9-3-4-9)6-5-10(14)15/h8-9H,3-7H2,1-2H3,(H,12,16)(H,14,15). The van der Waals surface area contributed by atoms with Crippen LogP contribution in [0.1, 0.15) is 26.2 Å². The van der Waals surface area contributed by atoms with Gasteiger partial charge in [-0.2, -0.15) is 0 Å². The van der Waals surface area contributed by atoms with Gasteiger partial charge in [-0.1, -0.05) is 0 Å². The summed E-state index contributed by atoms with van der Waals surface area (Å²) < 4.78 is 5.03. The van der Waals surface area contributed by atoms with E-state index in [4.69, 9.17) is 9.84 Å². The van der Waals surface area contributed by atoms with Gasteiger partial charge in [0.25, 0.3) is 0 Å². The minimum Gasteiger partial charge on any atom is -0.481 e. The minimum atomic E-state index is -0.881. The van der Waals surface area contributed by atoms with Gasteiger partial charge in [-0.05, 0) is 19.8 Å². The molecule has 1 saturated carbocycles. The van der Waals surface area contributed by atoms with Crippen LogP contribution in [0.15, 0.2) is 0 Å². The first-order chi connectivity index (χ1) is 8.04. The summed E-state index contributed by atoms with van der Waals surface area (Å²) in [6, 6.07) is 0.0184. The summed E-state index contributed by atoms with van der Waals surface area (Å²) in [7, 11) is 1.58. The van der Waals surface area contributed by atoms with Crippen LogP contribution in [0, 0.1) is 0 Å². The highest BCUT2D eigenvalue weighted by molar-refractivity contribution is 5.76. The summed E-state index contributed by atoms with van der Waals surface area (Å²) in [4.78, 5) is 23.9. The Morgan fingerprint density at radius 2 is 2.18 bits per heavy atom. The van der Waals surface area contributed by atoms with E-state index in [1.807, 2.05) is 6.92 Å². The molecule has 17 heavy (non-hydrogen) atoms. The molecule has 0 radical (unpaired) electrons. The Morgan fingerprint density at radius 3 is 2.65 bits per heavy atom. The van der Waals surface area contributed by atoms with Crippen molar-refractivity contribution in [1.82, 2.24) is 10.2 Å². The fraction of sp³-hybridized carbons (Fsp3) is 0.818. The number of carboxylic acids is 1. The molecule has 0 aliphatic heterocycles. The van der Waals surface area contributed by atoms with Gasteiger partial charge in [-0.3, -0.25) is 4.79 Å². The molecule has 6 heteroatoms. The quantitative estimate of drug-likeness (QED) is 0.690. The minimum absolute atomic E-state index is 0.0102. The molecular formula is C11H20N2O4. The first-order valence-corrected chi connectivity index (χ1v) is 5.83. The molecule has 0 aromatic heterocycles. The van der Waals surface area contributed by atoms with E-state index in [0.717, 1.165) is 12.8 Å². The number of nitrogens with one attached hydrogen (secondary N) is 1. The van der Waals surface area contributed by atoms with Crippen LogP contribution in [0.4, 0.5) is 4.79 Å². The molecule has 1 aliphatic carbocycles. The maximum atomic E-state index is 11.8. The van der Waals surface area contributed by atoms with Gasteiger partial charge in [0.1, 0.15) is 0 Å². The largest absolute Gasteiger partial charge is 0.481 e. The lowest BCUT2D eigenvalue weighted by molar-refractivity contribution is -0.137. The van der Waals surface area contributed by atoms with Crippen molar-refractivity contribution in [2.75, 3.05) is 20.2 Å². The molecule has 1 rings (SSSR count). The molecule has 1 fully saturated rings. The number of carbonyl (C=O) groups is 2. The van der Waals surface area contributed by atoms with Gasteiger partial charge in [-0.25, -0.2) is 4.79 Å². The molecule has 2 N–H and O–H groups in total. The molecule has 0 spiro atoms. The Balaban J connectivity index is 2.35. The van der Waals surface area contributed by atoms with Gasteiger partial charge in [0.15, 0.2) is 0 Å². The summed E-state index contributed by atoms with van der Waals surface area (Å²) in [5, 5.41) is 11.4. The summed E-state index contributed by atoms with van der Waals surface area (Å²) >= 11 is 0. The number of urea groups is 1. The van der Waals surface area contributed by atoms with Crippen LogP contribution < -0.4 is 5.32 Å². The maximum Gasteiger partial charge on any atom is 0.317 e. The number of ether oxygens (including phenoxy) is 1. The summed E-state index contributed by atoms with van der Waals surface area (Å²) in [5.74, 6) is -0.881. The van der Waals surface area contributed by atoms with Crippen LogP contribution in [0.25, 0.3) is 0 Å². The van der Waals surface area contributed by atoms with Crippen LogP contribution in [-0.2, 0) is 9.53 Å². The average molecular weight is 244 g/mol. The van der Waals surface area contributed by atoms with E-state index in [0.29, 0.717) is 6.54 Å². The van der Waals surface area contributed by atoms with E-state index in [-0.39, 0.29) is 31.1 Å². The maximum absolute atomic E-state index is 11.8. The topological polar surface area (TPSA) is 78.9 Å². The number of hydrogen-bond acceptors (Lipinski definition) is 3.